The highest BCUT2D eigenvalue weighted by Crippen LogP contribution is 2.36. The maximum atomic E-state index is 12.1. The van der Waals surface area contributed by atoms with Crippen LogP contribution in [-0.2, 0) is 16.0 Å². The van der Waals surface area contributed by atoms with Gasteiger partial charge in [-0.25, -0.2) is 0 Å². The minimum atomic E-state index is -0.748. The molecule has 5 heteroatoms. The van der Waals surface area contributed by atoms with Crippen LogP contribution in [0, 0.1) is 5.92 Å². The average molecular weight is 250 g/mol. The lowest BCUT2D eigenvalue weighted by Crippen LogP contribution is -2.21. The van der Waals surface area contributed by atoms with Gasteiger partial charge in [-0.2, -0.15) is 0 Å². The monoisotopic (exact) mass is 250 g/mol. The molecule has 0 fully saturated rings. The van der Waals surface area contributed by atoms with Gasteiger partial charge in [-0.3, -0.25) is 9.59 Å². The van der Waals surface area contributed by atoms with Crippen LogP contribution in [0.3, 0.4) is 0 Å². The van der Waals surface area contributed by atoms with Crippen molar-refractivity contribution in [2.75, 3.05) is 21.3 Å². The Bertz CT molecular complexity index is 506. The van der Waals surface area contributed by atoms with Gasteiger partial charge in [0.1, 0.15) is 5.92 Å². The second-order valence-corrected chi connectivity index (χ2v) is 4.01. The maximum absolute atomic E-state index is 12.1. The van der Waals surface area contributed by atoms with Crippen LogP contribution in [0.1, 0.15) is 15.9 Å². The van der Waals surface area contributed by atoms with E-state index >= 15 is 0 Å². The number of hydrogen-bond donors (Lipinski definition) is 0. The first-order valence-electron chi connectivity index (χ1n) is 5.49. The molecule has 0 saturated heterocycles. The molecule has 18 heavy (non-hydrogen) atoms. The summed E-state index contributed by atoms with van der Waals surface area (Å²) >= 11 is 0. The number of rotatable bonds is 3. The smallest absolute Gasteiger partial charge is 0.316 e. The van der Waals surface area contributed by atoms with Gasteiger partial charge in [0.15, 0.2) is 17.3 Å². The molecular weight excluding hydrogens is 236 g/mol. The molecule has 0 bridgehead atoms. The van der Waals surface area contributed by atoms with E-state index in [2.05, 4.69) is 4.74 Å². The Kier molecular flexibility index (Phi) is 3.23. The summed E-state index contributed by atoms with van der Waals surface area (Å²) in [5.74, 6) is -0.446. The molecule has 0 heterocycles. The number of carbonyl (C=O) groups excluding carboxylic acids is 2. The average Bonchev–Trinajstić information content (AvgIpc) is 2.73. The van der Waals surface area contributed by atoms with E-state index in [1.807, 2.05) is 0 Å². The highest BCUT2D eigenvalue weighted by Gasteiger charge is 2.37. The van der Waals surface area contributed by atoms with E-state index in [0.29, 0.717) is 23.5 Å². The number of esters is 1. The third-order valence-corrected chi connectivity index (χ3v) is 3.10. The summed E-state index contributed by atoms with van der Waals surface area (Å²) in [6, 6.07) is 3.34. The summed E-state index contributed by atoms with van der Waals surface area (Å²) in [6.45, 7) is 0. The summed E-state index contributed by atoms with van der Waals surface area (Å²) in [5, 5.41) is 0. The van der Waals surface area contributed by atoms with E-state index in [4.69, 9.17) is 9.47 Å². The van der Waals surface area contributed by atoms with Crippen LogP contribution in [-0.4, -0.2) is 33.1 Å². The predicted molar refractivity (Wildman–Crippen MR) is 63.1 cm³/mol. The van der Waals surface area contributed by atoms with Crippen molar-refractivity contribution in [2.24, 2.45) is 5.92 Å². The molecule has 96 valence electrons. The van der Waals surface area contributed by atoms with E-state index in [1.165, 1.54) is 21.3 Å². The summed E-state index contributed by atoms with van der Waals surface area (Å²) < 4.78 is 14.9. The van der Waals surface area contributed by atoms with Crippen molar-refractivity contribution in [3.63, 3.8) is 0 Å². The lowest BCUT2D eigenvalue weighted by molar-refractivity contribution is -0.143. The van der Waals surface area contributed by atoms with Gasteiger partial charge >= 0.3 is 5.97 Å². The minimum absolute atomic E-state index is 0.224. The summed E-state index contributed by atoms with van der Waals surface area (Å²) in [7, 11) is 4.31. The second-order valence-electron chi connectivity index (χ2n) is 4.01. The van der Waals surface area contributed by atoms with Crippen LogP contribution in [0.2, 0.25) is 0 Å². The van der Waals surface area contributed by atoms with E-state index in [9.17, 15) is 9.59 Å². The van der Waals surface area contributed by atoms with Crippen molar-refractivity contribution in [3.8, 4) is 11.5 Å². The number of Topliss-reactive ketones (excluding diaryl/α,β-unsaturated/α-hetero) is 1. The van der Waals surface area contributed by atoms with Gasteiger partial charge in [0.25, 0.3) is 0 Å². The van der Waals surface area contributed by atoms with Gasteiger partial charge in [-0.15, -0.1) is 0 Å². The normalized spacial score (nSPS) is 17.3. The van der Waals surface area contributed by atoms with E-state index in [0.717, 1.165) is 5.56 Å². The Labute approximate surface area is 105 Å². The number of hydrogen-bond acceptors (Lipinski definition) is 5. The van der Waals surface area contributed by atoms with E-state index in [-0.39, 0.29) is 5.78 Å². The topological polar surface area (TPSA) is 61.8 Å². The fraction of sp³-hybridized carbons (Fsp3) is 0.385. The van der Waals surface area contributed by atoms with Gasteiger partial charge in [0.2, 0.25) is 0 Å². The van der Waals surface area contributed by atoms with Gasteiger partial charge in [0, 0.05) is 5.56 Å². The molecule has 0 spiro atoms. The lowest BCUT2D eigenvalue weighted by atomic mass is 10.1. The van der Waals surface area contributed by atoms with Crippen molar-refractivity contribution in [1.29, 1.82) is 0 Å². The molecule has 1 aromatic rings. The molecule has 0 amide bonds. The first kappa shape index (κ1) is 12.4. The Balaban J connectivity index is 2.43. The number of ketones is 1. The third kappa shape index (κ3) is 1.81. The van der Waals surface area contributed by atoms with Crippen LogP contribution in [0.15, 0.2) is 12.1 Å². The molecule has 2 rings (SSSR count). The fourth-order valence-electron chi connectivity index (χ4n) is 2.15. The zero-order valence-corrected chi connectivity index (χ0v) is 10.5. The highest BCUT2D eigenvalue weighted by atomic mass is 16.5. The molecule has 1 aromatic carbocycles. The van der Waals surface area contributed by atoms with Crippen molar-refractivity contribution < 1.29 is 23.8 Å². The predicted octanol–water partition coefficient (Wildman–Crippen LogP) is 1.23. The first-order valence-corrected chi connectivity index (χ1v) is 5.49. The van der Waals surface area contributed by atoms with Crippen molar-refractivity contribution in [1.82, 2.24) is 0 Å². The third-order valence-electron chi connectivity index (χ3n) is 3.10. The van der Waals surface area contributed by atoms with Crippen LogP contribution in [0.5, 0.6) is 11.5 Å². The SMILES string of the molecule is COC(=O)C1Cc2cc(OC)c(OC)cc2C1=O. The number of ether oxygens (including phenoxy) is 3. The lowest BCUT2D eigenvalue weighted by Gasteiger charge is -2.09. The summed E-state index contributed by atoms with van der Waals surface area (Å²) in [6.07, 6.45) is 0.348. The Morgan fingerprint density at radius 1 is 1.17 bits per heavy atom. The van der Waals surface area contributed by atoms with Crippen LogP contribution in [0.25, 0.3) is 0 Å². The number of methoxy groups -OCH3 is 3. The van der Waals surface area contributed by atoms with Gasteiger partial charge in [0.05, 0.1) is 21.3 Å². The van der Waals surface area contributed by atoms with Gasteiger partial charge in [-0.05, 0) is 24.1 Å². The van der Waals surface area contributed by atoms with Crippen molar-refractivity contribution in [2.45, 2.75) is 6.42 Å². The van der Waals surface area contributed by atoms with E-state index < -0.39 is 11.9 Å². The molecule has 1 atom stereocenters. The van der Waals surface area contributed by atoms with E-state index in [1.54, 1.807) is 12.1 Å². The van der Waals surface area contributed by atoms with Crippen LogP contribution in [0.4, 0.5) is 0 Å². The zero-order chi connectivity index (χ0) is 13.3. The maximum Gasteiger partial charge on any atom is 0.316 e. The molecule has 0 radical (unpaired) electrons. The molecule has 5 nitrogen and oxygen atoms in total. The molecule has 0 aromatic heterocycles. The fourth-order valence-corrected chi connectivity index (χ4v) is 2.15. The molecule has 1 aliphatic rings. The number of carbonyl (C=O) groups is 2. The number of fused-ring (bicyclic) bond motifs is 1. The Morgan fingerprint density at radius 3 is 2.33 bits per heavy atom. The Morgan fingerprint density at radius 2 is 1.78 bits per heavy atom. The molecular formula is C13H14O5. The number of benzene rings is 1. The molecule has 0 saturated carbocycles. The largest absolute Gasteiger partial charge is 0.493 e. The summed E-state index contributed by atoms with van der Waals surface area (Å²) in [5.41, 5.74) is 1.29. The Hall–Kier alpha value is -2.04. The minimum Gasteiger partial charge on any atom is -0.493 e. The zero-order valence-electron chi connectivity index (χ0n) is 10.5. The van der Waals surface area contributed by atoms with Crippen molar-refractivity contribution in [3.05, 3.63) is 23.3 Å². The second kappa shape index (κ2) is 4.68. The summed E-state index contributed by atoms with van der Waals surface area (Å²) in [4.78, 5) is 23.6. The standard InChI is InChI=1S/C13H14O5/c1-16-10-5-7-4-9(13(15)18-3)12(14)8(7)6-11(10)17-2/h5-6,9H,4H2,1-3H3. The quantitative estimate of drug-likeness (QED) is 0.596. The van der Waals surface area contributed by atoms with Crippen LogP contribution < -0.4 is 9.47 Å². The van der Waals surface area contributed by atoms with Crippen LogP contribution >= 0.6 is 0 Å². The van der Waals surface area contributed by atoms with Gasteiger partial charge in [-0.1, -0.05) is 0 Å². The molecule has 1 aliphatic carbocycles. The van der Waals surface area contributed by atoms with Gasteiger partial charge < -0.3 is 14.2 Å². The molecule has 1 unspecified atom stereocenters. The van der Waals surface area contributed by atoms with Crippen molar-refractivity contribution >= 4 is 11.8 Å². The first-order chi connectivity index (χ1) is 8.62. The molecule has 0 N–H and O–H groups in total. The molecule has 0 aliphatic heterocycles. The highest BCUT2D eigenvalue weighted by molar-refractivity contribution is 6.12.